The Balaban J connectivity index is 1.72. The summed E-state index contributed by atoms with van der Waals surface area (Å²) in [6, 6.07) is 13.1. The quantitative estimate of drug-likeness (QED) is 0.380. The van der Waals surface area contributed by atoms with Gasteiger partial charge in [0.15, 0.2) is 0 Å². The predicted molar refractivity (Wildman–Crippen MR) is 102 cm³/mol. The molecule has 2 heterocycles. The van der Waals surface area contributed by atoms with Gasteiger partial charge in [0.1, 0.15) is 5.75 Å². The standard InChI is InChI=1S/C19H19N5O2/c1-26-13-6-7-16-15(10-13)12(11-21-16)8-9-24-18(25)14-4-2-3-5-17(14)22-19(24)23-20/h2-7,10-11,21H,8-9,20H2,1H3,(H,22,23). The second-order valence-corrected chi connectivity index (χ2v) is 6.03. The number of hydrogen-bond acceptors (Lipinski definition) is 5. The van der Waals surface area contributed by atoms with E-state index in [1.807, 2.05) is 36.5 Å². The Morgan fingerprint density at radius 2 is 2.08 bits per heavy atom. The summed E-state index contributed by atoms with van der Waals surface area (Å²) < 4.78 is 6.88. The average Bonchev–Trinajstić information content (AvgIpc) is 3.09. The van der Waals surface area contributed by atoms with E-state index >= 15 is 0 Å². The van der Waals surface area contributed by atoms with Crippen LogP contribution in [0.4, 0.5) is 5.95 Å². The number of nitrogens with two attached hydrogens (primary N) is 1. The van der Waals surface area contributed by atoms with Gasteiger partial charge in [0.05, 0.1) is 18.0 Å². The third-order valence-corrected chi connectivity index (χ3v) is 4.57. The number of anilines is 1. The fourth-order valence-corrected chi connectivity index (χ4v) is 3.21. The number of benzene rings is 2. The Morgan fingerprint density at radius 1 is 1.23 bits per heavy atom. The van der Waals surface area contributed by atoms with E-state index < -0.39 is 0 Å². The van der Waals surface area contributed by atoms with E-state index in [4.69, 9.17) is 10.6 Å². The van der Waals surface area contributed by atoms with E-state index in [1.165, 1.54) is 0 Å². The third kappa shape index (κ3) is 2.68. The molecule has 0 amide bonds. The molecule has 2 aromatic heterocycles. The van der Waals surface area contributed by atoms with Crippen molar-refractivity contribution in [2.45, 2.75) is 13.0 Å². The Labute approximate surface area is 149 Å². The van der Waals surface area contributed by atoms with Crippen molar-refractivity contribution in [3.63, 3.8) is 0 Å². The first-order chi connectivity index (χ1) is 12.7. The molecule has 0 saturated heterocycles. The Bertz CT molecular complexity index is 1150. The molecule has 132 valence electrons. The third-order valence-electron chi connectivity index (χ3n) is 4.57. The molecule has 4 rings (SSSR count). The fourth-order valence-electron chi connectivity index (χ4n) is 3.21. The van der Waals surface area contributed by atoms with Crippen LogP contribution in [0.5, 0.6) is 5.75 Å². The molecule has 7 nitrogen and oxygen atoms in total. The highest BCUT2D eigenvalue weighted by Gasteiger charge is 2.11. The van der Waals surface area contributed by atoms with Crippen molar-refractivity contribution in [2.24, 2.45) is 5.84 Å². The smallest absolute Gasteiger partial charge is 0.262 e. The van der Waals surface area contributed by atoms with Crippen molar-refractivity contribution in [2.75, 3.05) is 12.5 Å². The minimum Gasteiger partial charge on any atom is -0.497 e. The molecule has 2 aromatic carbocycles. The molecular weight excluding hydrogens is 330 g/mol. The Morgan fingerprint density at radius 3 is 2.88 bits per heavy atom. The van der Waals surface area contributed by atoms with Gasteiger partial charge < -0.3 is 9.72 Å². The van der Waals surface area contributed by atoms with Crippen LogP contribution in [0.3, 0.4) is 0 Å². The molecule has 0 atom stereocenters. The number of hydrogen-bond donors (Lipinski definition) is 3. The first kappa shape index (κ1) is 16.2. The number of nitrogens with zero attached hydrogens (tertiary/aromatic N) is 2. The second kappa shape index (κ2) is 6.53. The van der Waals surface area contributed by atoms with Crippen molar-refractivity contribution in [3.05, 3.63) is 64.6 Å². The van der Waals surface area contributed by atoms with Crippen LogP contribution in [0.25, 0.3) is 21.8 Å². The van der Waals surface area contributed by atoms with Gasteiger partial charge in [-0.05, 0) is 42.3 Å². The summed E-state index contributed by atoms with van der Waals surface area (Å²) in [5.74, 6) is 6.74. The SMILES string of the molecule is COc1ccc2[nH]cc(CCn3c(NN)nc4ccccc4c3=O)c2c1. The minimum atomic E-state index is -0.110. The summed E-state index contributed by atoms with van der Waals surface area (Å²) in [5, 5.41) is 1.65. The van der Waals surface area contributed by atoms with E-state index in [-0.39, 0.29) is 5.56 Å². The molecular formula is C19H19N5O2. The van der Waals surface area contributed by atoms with Gasteiger partial charge in [-0.1, -0.05) is 12.1 Å². The van der Waals surface area contributed by atoms with Crippen molar-refractivity contribution < 1.29 is 4.74 Å². The van der Waals surface area contributed by atoms with E-state index in [1.54, 1.807) is 23.8 Å². The van der Waals surface area contributed by atoms with Crippen LogP contribution < -0.4 is 21.6 Å². The molecule has 0 fully saturated rings. The van der Waals surface area contributed by atoms with Crippen LogP contribution in [0.1, 0.15) is 5.56 Å². The van der Waals surface area contributed by atoms with E-state index in [0.717, 1.165) is 22.2 Å². The highest BCUT2D eigenvalue weighted by molar-refractivity contribution is 5.84. The summed E-state index contributed by atoms with van der Waals surface area (Å²) in [6.07, 6.45) is 2.61. The number of nitrogens with one attached hydrogen (secondary N) is 2. The van der Waals surface area contributed by atoms with Crippen LogP contribution >= 0.6 is 0 Å². The van der Waals surface area contributed by atoms with Crippen LogP contribution in [0, 0.1) is 0 Å². The lowest BCUT2D eigenvalue weighted by Crippen LogP contribution is -2.27. The normalized spacial score (nSPS) is 11.2. The fraction of sp³-hybridized carbons (Fsp3) is 0.158. The zero-order valence-corrected chi connectivity index (χ0v) is 14.3. The van der Waals surface area contributed by atoms with Crippen LogP contribution in [-0.4, -0.2) is 21.6 Å². The largest absolute Gasteiger partial charge is 0.497 e. The molecule has 0 bridgehead atoms. The Hall–Kier alpha value is -3.32. The van der Waals surface area contributed by atoms with Crippen LogP contribution in [-0.2, 0) is 13.0 Å². The molecule has 0 spiro atoms. The number of nitrogen functional groups attached to an aromatic ring is 1. The van der Waals surface area contributed by atoms with Gasteiger partial charge in [-0.25, -0.2) is 10.8 Å². The number of para-hydroxylation sites is 1. The zero-order valence-electron chi connectivity index (χ0n) is 14.3. The maximum atomic E-state index is 12.8. The van der Waals surface area contributed by atoms with Gasteiger partial charge in [0, 0.05) is 23.6 Å². The predicted octanol–water partition coefficient (Wildman–Crippen LogP) is 2.41. The zero-order chi connectivity index (χ0) is 18.1. The summed E-state index contributed by atoms with van der Waals surface area (Å²) in [7, 11) is 1.65. The molecule has 0 aliphatic carbocycles. The lowest BCUT2D eigenvalue weighted by atomic mass is 10.1. The monoisotopic (exact) mass is 349 g/mol. The molecule has 4 aromatic rings. The number of H-pyrrole nitrogens is 1. The summed E-state index contributed by atoms with van der Waals surface area (Å²) in [6.45, 7) is 0.459. The molecule has 0 radical (unpaired) electrons. The van der Waals surface area contributed by atoms with Crippen molar-refractivity contribution >= 4 is 27.8 Å². The maximum absolute atomic E-state index is 12.8. The van der Waals surface area contributed by atoms with E-state index in [9.17, 15) is 4.79 Å². The van der Waals surface area contributed by atoms with E-state index in [0.29, 0.717) is 29.8 Å². The van der Waals surface area contributed by atoms with E-state index in [2.05, 4.69) is 15.4 Å². The summed E-state index contributed by atoms with van der Waals surface area (Å²) in [4.78, 5) is 20.5. The average molecular weight is 349 g/mol. The number of hydrazine groups is 1. The van der Waals surface area contributed by atoms with Gasteiger partial charge >= 0.3 is 0 Å². The number of aryl methyl sites for hydroxylation is 1. The van der Waals surface area contributed by atoms with Crippen molar-refractivity contribution in [1.82, 2.24) is 14.5 Å². The molecule has 4 N–H and O–H groups in total. The molecule has 0 unspecified atom stereocenters. The number of ether oxygens (including phenoxy) is 1. The van der Waals surface area contributed by atoms with Crippen molar-refractivity contribution in [1.29, 1.82) is 0 Å². The topological polar surface area (TPSA) is 98.0 Å². The lowest BCUT2D eigenvalue weighted by molar-refractivity contribution is 0.415. The van der Waals surface area contributed by atoms with Gasteiger partial charge in [-0.3, -0.25) is 14.8 Å². The molecule has 7 heteroatoms. The number of aromatic amines is 1. The second-order valence-electron chi connectivity index (χ2n) is 6.03. The highest BCUT2D eigenvalue weighted by Crippen LogP contribution is 2.24. The Kier molecular flexibility index (Phi) is 4.06. The number of fused-ring (bicyclic) bond motifs is 2. The number of rotatable bonds is 5. The summed E-state index contributed by atoms with van der Waals surface area (Å²) in [5.41, 5.74) is 5.18. The highest BCUT2D eigenvalue weighted by atomic mass is 16.5. The van der Waals surface area contributed by atoms with Crippen molar-refractivity contribution in [3.8, 4) is 5.75 Å². The van der Waals surface area contributed by atoms with Gasteiger partial charge in [-0.15, -0.1) is 0 Å². The van der Waals surface area contributed by atoms with Gasteiger partial charge in [-0.2, -0.15) is 0 Å². The van der Waals surface area contributed by atoms with Gasteiger partial charge in [0.2, 0.25) is 5.95 Å². The molecule has 26 heavy (non-hydrogen) atoms. The maximum Gasteiger partial charge on any atom is 0.262 e. The number of methoxy groups -OCH3 is 1. The van der Waals surface area contributed by atoms with Crippen LogP contribution in [0.2, 0.25) is 0 Å². The lowest BCUT2D eigenvalue weighted by Gasteiger charge is -2.12. The molecule has 0 saturated carbocycles. The molecule has 0 aliphatic rings. The minimum absolute atomic E-state index is 0.110. The first-order valence-corrected chi connectivity index (χ1v) is 8.31. The summed E-state index contributed by atoms with van der Waals surface area (Å²) >= 11 is 0. The van der Waals surface area contributed by atoms with Crippen LogP contribution in [0.15, 0.2) is 53.5 Å². The molecule has 0 aliphatic heterocycles. The number of aromatic nitrogens is 3. The van der Waals surface area contributed by atoms with Gasteiger partial charge in [0.25, 0.3) is 5.56 Å². The first-order valence-electron chi connectivity index (χ1n) is 8.31.